The fourth-order valence-corrected chi connectivity index (χ4v) is 1.55. The molecule has 84 valence electrons. The van der Waals surface area contributed by atoms with Crippen molar-refractivity contribution >= 4 is 5.84 Å². The molecule has 0 aromatic carbocycles. The molecule has 0 aliphatic carbocycles. The van der Waals surface area contributed by atoms with Gasteiger partial charge in [0.1, 0.15) is 5.82 Å². The molecule has 0 fully saturated rings. The first-order chi connectivity index (χ1) is 7.08. The quantitative estimate of drug-likeness (QED) is 0.566. The number of amidine groups is 1. The van der Waals surface area contributed by atoms with Crippen LogP contribution in [-0.2, 0) is 12.8 Å². The number of rotatable bonds is 5. The van der Waals surface area contributed by atoms with Gasteiger partial charge in [-0.05, 0) is 6.92 Å². The maximum absolute atomic E-state index is 7.27. The van der Waals surface area contributed by atoms with Gasteiger partial charge in [-0.2, -0.15) is 5.10 Å². The van der Waals surface area contributed by atoms with Gasteiger partial charge in [-0.1, -0.05) is 13.8 Å². The Morgan fingerprint density at radius 2 is 2.13 bits per heavy atom. The second-order valence-electron chi connectivity index (χ2n) is 3.67. The van der Waals surface area contributed by atoms with Gasteiger partial charge in [-0.3, -0.25) is 5.41 Å². The van der Waals surface area contributed by atoms with Crippen LogP contribution in [-0.4, -0.2) is 20.6 Å². The van der Waals surface area contributed by atoms with E-state index in [9.17, 15) is 0 Å². The summed E-state index contributed by atoms with van der Waals surface area (Å²) in [7, 11) is 0. The smallest absolute Gasteiger partial charge is 0.150 e. The lowest BCUT2D eigenvalue weighted by molar-refractivity contribution is 0.480. The van der Waals surface area contributed by atoms with Gasteiger partial charge in [-0.25, -0.2) is 9.67 Å². The van der Waals surface area contributed by atoms with Gasteiger partial charge in [0, 0.05) is 19.3 Å². The van der Waals surface area contributed by atoms with E-state index < -0.39 is 0 Å². The molecule has 0 saturated heterocycles. The molecule has 5 heteroatoms. The summed E-state index contributed by atoms with van der Waals surface area (Å²) in [6.45, 7) is 6.10. The first kappa shape index (κ1) is 11.7. The average Bonchev–Trinajstić information content (AvgIpc) is 2.59. The maximum Gasteiger partial charge on any atom is 0.150 e. The van der Waals surface area contributed by atoms with Crippen LogP contribution < -0.4 is 5.73 Å². The molecule has 1 aromatic heterocycles. The van der Waals surface area contributed by atoms with Crippen LogP contribution in [0.25, 0.3) is 0 Å². The van der Waals surface area contributed by atoms with Crippen LogP contribution in [0.15, 0.2) is 0 Å². The van der Waals surface area contributed by atoms with E-state index in [1.165, 1.54) is 0 Å². The van der Waals surface area contributed by atoms with Crippen LogP contribution >= 0.6 is 0 Å². The zero-order valence-corrected chi connectivity index (χ0v) is 9.62. The number of nitrogens with one attached hydrogen (secondary N) is 1. The molecule has 1 atom stereocenters. The minimum Gasteiger partial charge on any atom is -0.388 e. The Morgan fingerprint density at radius 3 is 2.60 bits per heavy atom. The van der Waals surface area contributed by atoms with E-state index in [0.29, 0.717) is 6.42 Å². The fourth-order valence-electron chi connectivity index (χ4n) is 1.55. The van der Waals surface area contributed by atoms with Gasteiger partial charge in [-0.15, -0.1) is 0 Å². The summed E-state index contributed by atoms with van der Waals surface area (Å²) < 4.78 is 1.89. The molecule has 5 nitrogen and oxygen atoms in total. The largest absolute Gasteiger partial charge is 0.388 e. The predicted molar refractivity (Wildman–Crippen MR) is 60.0 cm³/mol. The molecule has 0 saturated carbocycles. The van der Waals surface area contributed by atoms with Crippen LogP contribution in [0.1, 0.15) is 44.9 Å². The maximum atomic E-state index is 7.27. The number of nitrogens with zero attached hydrogens (tertiary/aromatic N) is 3. The highest BCUT2D eigenvalue weighted by Crippen LogP contribution is 2.12. The van der Waals surface area contributed by atoms with Crippen LogP contribution in [0.4, 0.5) is 0 Å². The molecule has 0 aliphatic heterocycles. The highest BCUT2D eigenvalue weighted by molar-refractivity contribution is 5.77. The standard InChI is InChI=1S/C10H19N5/c1-4-9-13-10(5-2)15(14-9)7(3)6-8(11)12/h7H,4-6H2,1-3H3,(H3,11,12). The third-order valence-electron chi connectivity index (χ3n) is 2.31. The van der Waals surface area contributed by atoms with E-state index in [1.807, 2.05) is 18.5 Å². The number of hydrogen-bond acceptors (Lipinski definition) is 3. The lowest BCUT2D eigenvalue weighted by atomic mass is 10.2. The Balaban J connectivity index is 2.90. The number of aryl methyl sites for hydroxylation is 2. The van der Waals surface area contributed by atoms with Crippen LogP contribution in [0.2, 0.25) is 0 Å². The van der Waals surface area contributed by atoms with Gasteiger partial charge in [0.15, 0.2) is 5.82 Å². The summed E-state index contributed by atoms with van der Waals surface area (Å²) >= 11 is 0. The lowest BCUT2D eigenvalue weighted by Crippen LogP contribution is -2.19. The molecular formula is C10H19N5. The number of hydrogen-bond donors (Lipinski definition) is 2. The summed E-state index contributed by atoms with van der Waals surface area (Å²) in [5.74, 6) is 2.03. The van der Waals surface area contributed by atoms with Crippen molar-refractivity contribution in [1.29, 1.82) is 5.41 Å². The third-order valence-corrected chi connectivity index (χ3v) is 2.31. The first-order valence-corrected chi connectivity index (χ1v) is 5.35. The summed E-state index contributed by atoms with van der Waals surface area (Å²) in [5, 5.41) is 11.7. The highest BCUT2D eigenvalue weighted by Gasteiger charge is 2.13. The zero-order valence-electron chi connectivity index (χ0n) is 9.62. The normalized spacial score (nSPS) is 12.7. The van der Waals surface area contributed by atoms with E-state index in [4.69, 9.17) is 11.1 Å². The van der Waals surface area contributed by atoms with Crippen LogP contribution in [0.3, 0.4) is 0 Å². The van der Waals surface area contributed by atoms with E-state index in [1.54, 1.807) is 0 Å². The topological polar surface area (TPSA) is 80.6 Å². The summed E-state index contributed by atoms with van der Waals surface area (Å²) in [4.78, 5) is 4.42. The summed E-state index contributed by atoms with van der Waals surface area (Å²) in [6, 6.07) is 0.116. The highest BCUT2D eigenvalue weighted by atomic mass is 15.4. The van der Waals surface area contributed by atoms with Crippen molar-refractivity contribution in [3.63, 3.8) is 0 Å². The third kappa shape index (κ3) is 2.78. The monoisotopic (exact) mass is 209 g/mol. The van der Waals surface area contributed by atoms with Crippen LogP contribution in [0, 0.1) is 5.41 Å². The fraction of sp³-hybridized carbons (Fsp3) is 0.700. The Kier molecular flexibility index (Phi) is 3.82. The van der Waals surface area contributed by atoms with Crippen molar-refractivity contribution in [2.45, 2.75) is 46.1 Å². The van der Waals surface area contributed by atoms with Gasteiger partial charge in [0.2, 0.25) is 0 Å². The number of aromatic nitrogens is 3. The molecule has 1 aromatic rings. The van der Waals surface area contributed by atoms with E-state index in [-0.39, 0.29) is 11.9 Å². The molecule has 15 heavy (non-hydrogen) atoms. The van der Waals surface area contributed by atoms with Crippen molar-refractivity contribution in [3.8, 4) is 0 Å². The molecule has 1 unspecified atom stereocenters. The molecule has 0 spiro atoms. The van der Waals surface area contributed by atoms with E-state index in [2.05, 4.69) is 17.0 Å². The Morgan fingerprint density at radius 1 is 1.47 bits per heavy atom. The van der Waals surface area contributed by atoms with Crippen molar-refractivity contribution in [3.05, 3.63) is 11.6 Å². The van der Waals surface area contributed by atoms with E-state index in [0.717, 1.165) is 24.5 Å². The molecule has 0 bridgehead atoms. The molecule has 0 aliphatic rings. The Bertz CT molecular complexity index is 342. The van der Waals surface area contributed by atoms with Crippen molar-refractivity contribution < 1.29 is 0 Å². The second-order valence-corrected chi connectivity index (χ2v) is 3.67. The molecular weight excluding hydrogens is 190 g/mol. The van der Waals surface area contributed by atoms with Gasteiger partial charge >= 0.3 is 0 Å². The molecule has 0 radical (unpaired) electrons. The van der Waals surface area contributed by atoms with Crippen molar-refractivity contribution in [2.75, 3.05) is 0 Å². The zero-order chi connectivity index (χ0) is 11.4. The minimum absolute atomic E-state index is 0.116. The van der Waals surface area contributed by atoms with Crippen LogP contribution in [0.5, 0.6) is 0 Å². The van der Waals surface area contributed by atoms with Gasteiger partial charge in [0.25, 0.3) is 0 Å². The molecule has 3 N–H and O–H groups in total. The van der Waals surface area contributed by atoms with E-state index >= 15 is 0 Å². The predicted octanol–water partition coefficient (Wildman–Crippen LogP) is 1.29. The average molecular weight is 209 g/mol. The first-order valence-electron chi connectivity index (χ1n) is 5.35. The number of nitrogens with two attached hydrogens (primary N) is 1. The van der Waals surface area contributed by atoms with Crippen molar-refractivity contribution in [2.24, 2.45) is 5.73 Å². The minimum atomic E-state index is 0.116. The molecule has 1 heterocycles. The molecule has 0 amide bonds. The van der Waals surface area contributed by atoms with Crippen molar-refractivity contribution in [1.82, 2.24) is 14.8 Å². The Labute approximate surface area is 90.2 Å². The second kappa shape index (κ2) is 4.91. The van der Waals surface area contributed by atoms with Gasteiger partial charge < -0.3 is 5.73 Å². The summed E-state index contributed by atoms with van der Waals surface area (Å²) in [6.07, 6.45) is 2.22. The molecule has 1 rings (SSSR count). The summed E-state index contributed by atoms with van der Waals surface area (Å²) in [5.41, 5.74) is 5.38. The lowest BCUT2D eigenvalue weighted by Gasteiger charge is -2.12. The Hall–Kier alpha value is -1.39. The SMILES string of the molecule is CCc1nc(CC)n(C(C)CC(=N)N)n1. The van der Waals surface area contributed by atoms with Gasteiger partial charge in [0.05, 0.1) is 11.9 Å².